The molecule has 0 aromatic heterocycles. The van der Waals surface area contributed by atoms with Gasteiger partial charge in [-0.3, -0.25) is 14.9 Å². The van der Waals surface area contributed by atoms with E-state index in [-0.39, 0.29) is 17.6 Å². The molecule has 0 saturated carbocycles. The number of carbonyl (C=O) groups excluding carboxylic acids is 1. The highest BCUT2D eigenvalue weighted by molar-refractivity contribution is 9.10. The first-order chi connectivity index (χ1) is 9.47. The van der Waals surface area contributed by atoms with Crippen LogP contribution in [0, 0.1) is 17.0 Å². The number of hydrogen-bond acceptors (Lipinski definition) is 4. The van der Waals surface area contributed by atoms with Crippen LogP contribution in [0.5, 0.6) is 0 Å². The molecule has 1 aromatic carbocycles. The van der Waals surface area contributed by atoms with Crippen LogP contribution >= 0.6 is 15.9 Å². The Morgan fingerprint density at radius 3 is 2.95 bits per heavy atom. The second-order valence-electron chi connectivity index (χ2n) is 4.92. The summed E-state index contributed by atoms with van der Waals surface area (Å²) in [7, 11) is 0. The Morgan fingerprint density at radius 1 is 1.60 bits per heavy atom. The van der Waals surface area contributed by atoms with Crippen LogP contribution in [0.4, 0.5) is 11.4 Å². The molecule has 1 aliphatic heterocycles. The number of nitro benzene ring substituents is 1. The maximum atomic E-state index is 11.9. The predicted molar refractivity (Wildman–Crippen MR) is 79.8 cm³/mol. The molecule has 108 valence electrons. The Hall–Kier alpha value is -1.47. The fourth-order valence-electron chi connectivity index (χ4n) is 2.31. The Bertz CT molecular complexity index is 542. The lowest BCUT2D eigenvalue weighted by molar-refractivity contribution is -0.385. The van der Waals surface area contributed by atoms with Crippen LogP contribution in [0.15, 0.2) is 16.6 Å². The molecule has 0 aliphatic carbocycles. The monoisotopic (exact) mass is 341 g/mol. The van der Waals surface area contributed by atoms with E-state index in [1.807, 2.05) is 0 Å². The number of anilines is 1. The van der Waals surface area contributed by atoms with Gasteiger partial charge in [-0.05, 0) is 48.3 Å². The Kier molecular flexibility index (Phi) is 4.72. The molecule has 1 fully saturated rings. The summed E-state index contributed by atoms with van der Waals surface area (Å²) in [6.07, 6.45) is 2.45. The molecule has 20 heavy (non-hydrogen) atoms. The van der Waals surface area contributed by atoms with Crippen molar-refractivity contribution in [3.8, 4) is 0 Å². The molecule has 0 bridgehead atoms. The number of rotatable bonds is 4. The molecule has 0 spiro atoms. The first kappa shape index (κ1) is 14.9. The highest BCUT2D eigenvalue weighted by atomic mass is 79.9. The quantitative estimate of drug-likeness (QED) is 0.651. The highest BCUT2D eigenvalue weighted by Crippen LogP contribution is 2.30. The van der Waals surface area contributed by atoms with E-state index in [2.05, 4.69) is 26.6 Å². The van der Waals surface area contributed by atoms with E-state index in [0.29, 0.717) is 22.1 Å². The topological polar surface area (TPSA) is 84.3 Å². The third kappa shape index (κ3) is 3.55. The summed E-state index contributed by atoms with van der Waals surface area (Å²) in [5, 5.41) is 16.9. The molecule has 1 aromatic rings. The normalized spacial score (nSPS) is 18.0. The lowest BCUT2D eigenvalue weighted by Crippen LogP contribution is -2.27. The number of carbonyl (C=O) groups is 1. The van der Waals surface area contributed by atoms with Crippen molar-refractivity contribution in [2.45, 2.75) is 32.2 Å². The number of halogens is 1. The van der Waals surface area contributed by atoms with Crippen molar-refractivity contribution in [3.63, 3.8) is 0 Å². The first-order valence-electron chi connectivity index (χ1n) is 6.45. The van der Waals surface area contributed by atoms with Gasteiger partial charge in [0.15, 0.2) is 0 Å². The number of amides is 1. The number of nitro groups is 1. The third-order valence-electron chi connectivity index (χ3n) is 3.35. The molecular weight excluding hydrogens is 326 g/mol. The van der Waals surface area contributed by atoms with Crippen LogP contribution in [0.1, 0.15) is 24.8 Å². The summed E-state index contributed by atoms with van der Waals surface area (Å²) in [5.41, 5.74) is 0.991. The largest absolute Gasteiger partial charge is 0.325 e. The standard InChI is InChI=1S/C13H16BrN3O3/c1-8-5-10(14)11(7-12(8)17(19)20)16-13(18)6-9-3-2-4-15-9/h5,7,9,15H,2-4,6H2,1H3,(H,16,18). The van der Waals surface area contributed by atoms with Gasteiger partial charge in [-0.15, -0.1) is 0 Å². The van der Waals surface area contributed by atoms with Crippen molar-refractivity contribution >= 4 is 33.2 Å². The van der Waals surface area contributed by atoms with Crippen molar-refractivity contribution < 1.29 is 9.72 Å². The number of benzene rings is 1. The molecule has 1 unspecified atom stereocenters. The Balaban J connectivity index is 2.09. The third-order valence-corrected chi connectivity index (χ3v) is 4.01. The molecular formula is C13H16BrN3O3. The average molecular weight is 342 g/mol. The number of hydrogen-bond donors (Lipinski definition) is 2. The van der Waals surface area contributed by atoms with Crippen molar-refractivity contribution in [1.29, 1.82) is 0 Å². The summed E-state index contributed by atoms with van der Waals surface area (Å²) in [5.74, 6) is -0.136. The molecule has 0 radical (unpaired) electrons. The predicted octanol–water partition coefficient (Wildman–Crippen LogP) is 2.75. The van der Waals surface area contributed by atoms with E-state index in [9.17, 15) is 14.9 Å². The summed E-state index contributed by atoms with van der Waals surface area (Å²) in [6.45, 7) is 2.61. The summed E-state index contributed by atoms with van der Waals surface area (Å²) in [6, 6.07) is 3.23. The van der Waals surface area contributed by atoms with Crippen LogP contribution in [0.3, 0.4) is 0 Å². The molecule has 7 heteroatoms. The average Bonchev–Trinajstić information content (AvgIpc) is 2.84. The van der Waals surface area contributed by atoms with Gasteiger partial charge < -0.3 is 10.6 Å². The number of nitrogens with zero attached hydrogens (tertiary/aromatic N) is 1. The van der Waals surface area contributed by atoms with Gasteiger partial charge in [0.1, 0.15) is 0 Å². The lowest BCUT2D eigenvalue weighted by atomic mass is 10.1. The molecule has 1 aliphatic rings. The van der Waals surface area contributed by atoms with E-state index in [4.69, 9.17) is 0 Å². The van der Waals surface area contributed by atoms with Gasteiger partial charge in [-0.25, -0.2) is 0 Å². The lowest BCUT2D eigenvalue weighted by Gasteiger charge is -2.12. The maximum Gasteiger partial charge on any atom is 0.274 e. The molecule has 1 saturated heterocycles. The van der Waals surface area contributed by atoms with E-state index >= 15 is 0 Å². The van der Waals surface area contributed by atoms with Crippen molar-refractivity contribution in [1.82, 2.24) is 5.32 Å². The summed E-state index contributed by atoms with van der Waals surface area (Å²) >= 11 is 3.32. The van der Waals surface area contributed by atoms with E-state index in [1.54, 1.807) is 13.0 Å². The first-order valence-corrected chi connectivity index (χ1v) is 7.24. The minimum Gasteiger partial charge on any atom is -0.325 e. The molecule has 1 atom stereocenters. The SMILES string of the molecule is Cc1cc(Br)c(NC(=O)CC2CCCN2)cc1[N+](=O)[O-]. The minimum absolute atomic E-state index is 0.00231. The van der Waals surface area contributed by atoms with Gasteiger partial charge in [0.25, 0.3) is 5.69 Å². The molecule has 1 amide bonds. The molecule has 6 nitrogen and oxygen atoms in total. The second-order valence-corrected chi connectivity index (χ2v) is 5.78. The zero-order valence-electron chi connectivity index (χ0n) is 11.1. The van der Waals surface area contributed by atoms with Gasteiger partial charge in [0.2, 0.25) is 5.91 Å². The fourth-order valence-corrected chi connectivity index (χ4v) is 2.87. The van der Waals surface area contributed by atoms with Crippen LogP contribution in [0.25, 0.3) is 0 Å². The summed E-state index contributed by atoms with van der Waals surface area (Å²) < 4.78 is 0.647. The van der Waals surface area contributed by atoms with Gasteiger partial charge in [-0.2, -0.15) is 0 Å². The minimum atomic E-state index is -0.448. The van der Waals surface area contributed by atoms with Crippen LogP contribution < -0.4 is 10.6 Å². The van der Waals surface area contributed by atoms with Crippen molar-refractivity contribution in [2.75, 3.05) is 11.9 Å². The van der Waals surface area contributed by atoms with Crippen LogP contribution in [-0.4, -0.2) is 23.4 Å². The van der Waals surface area contributed by atoms with Crippen molar-refractivity contribution in [2.24, 2.45) is 0 Å². The Morgan fingerprint density at radius 2 is 2.35 bits per heavy atom. The van der Waals surface area contributed by atoms with Crippen molar-refractivity contribution in [3.05, 3.63) is 32.3 Å². The number of nitrogens with one attached hydrogen (secondary N) is 2. The van der Waals surface area contributed by atoms with Crippen LogP contribution in [0.2, 0.25) is 0 Å². The fraction of sp³-hybridized carbons (Fsp3) is 0.462. The van der Waals surface area contributed by atoms with Crippen LogP contribution in [-0.2, 0) is 4.79 Å². The van der Waals surface area contributed by atoms with E-state index in [0.717, 1.165) is 19.4 Å². The van der Waals surface area contributed by atoms with Gasteiger partial charge in [0, 0.05) is 28.6 Å². The summed E-state index contributed by atoms with van der Waals surface area (Å²) in [4.78, 5) is 22.4. The van der Waals surface area contributed by atoms with E-state index < -0.39 is 4.92 Å². The zero-order valence-corrected chi connectivity index (χ0v) is 12.7. The van der Waals surface area contributed by atoms with E-state index in [1.165, 1.54) is 6.07 Å². The second kappa shape index (κ2) is 6.32. The number of aryl methyl sites for hydroxylation is 1. The van der Waals surface area contributed by atoms with Gasteiger partial charge >= 0.3 is 0 Å². The molecule has 1 heterocycles. The maximum absolute atomic E-state index is 11.9. The Labute approximate surface area is 125 Å². The molecule has 2 rings (SSSR count). The smallest absolute Gasteiger partial charge is 0.274 e. The molecule has 2 N–H and O–H groups in total. The highest BCUT2D eigenvalue weighted by Gasteiger charge is 2.20. The van der Waals surface area contributed by atoms with Gasteiger partial charge in [-0.1, -0.05) is 0 Å². The van der Waals surface area contributed by atoms with Gasteiger partial charge in [0.05, 0.1) is 10.6 Å². The zero-order chi connectivity index (χ0) is 14.7.